The predicted molar refractivity (Wildman–Crippen MR) is 121 cm³/mol. The molecule has 3 rings (SSSR count). The number of carbonyl (C=O) groups excluding carboxylic acids is 2. The van der Waals surface area contributed by atoms with Crippen LogP contribution in [0.25, 0.3) is 6.08 Å². The maximum atomic E-state index is 12.2. The molecule has 0 saturated carbocycles. The van der Waals surface area contributed by atoms with Crippen molar-refractivity contribution in [1.29, 1.82) is 0 Å². The smallest absolute Gasteiger partial charge is 0.248 e. The summed E-state index contributed by atoms with van der Waals surface area (Å²) < 4.78 is 0. The van der Waals surface area contributed by atoms with E-state index in [0.29, 0.717) is 11.4 Å². The number of hydrogen-bond donors (Lipinski definition) is 2. The minimum absolute atomic E-state index is 0.0687. The highest BCUT2D eigenvalue weighted by Gasteiger charge is 2.05. The summed E-state index contributed by atoms with van der Waals surface area (Å²) in [6.45, 7) is 1.99. The lowest BCUT2D eigenvalue weighted by Gasteiger charge is -2.07. The predicted octanol–water partition coefficient (Wildman–Crippen LogP) is 5.38. The molecule has 2 amide bonds. The SMILES string of the molecule is Cc1cccc(NC(=O)CSc2cccc(NC(=O)/C=C/c3ccccc3)c2)c1. The van der Waals surface area contributed by atoms with E-state index in [1.165, 1.54) is 17.8 Å². The summed E-state index contributed by atoms with van der Waals surface area (Å²) in [5.41, 5.74) is 3.55. The molecule has 3 aromatic carbocycles. The Morgan fingerprint density at radius 2 is 1.59 bits per heavy atom. The first-order chi connectivity index (χ1) is 14.1. The van der Waals surface area contributed by atoms with E-state index in [1.54, 1.807) is 6.08 Å². The Morgan fingerprint density at radius 1 is 0.862 bits per heavy atom. The summed E-state index contributed by atoms with van der Waals surface area (Å²) in [6, 6.07) is 24.8. The Kier molecular flexibility index (Phi) is 7.25. The van der Waals surface area contributed by atoms with Gasteiger partial charge in [0.2, 0.25) is 11.8 Å². The maximum Gasteiger partial charge on any atom is 0.248 e. The summed E-state index contributed by atoms with van der Waals surface area (Å²) in [6.07, 6.45) is 3.27. The number of nitrogens with one attached hydrogen (secondary N) is 2. The van der Waals surface area contributed by atoms with E-state index in [-0.39, 0.29) is 11.8 Å². The summed E-state index contributed by atoms with van der Waals surface area (Å²) >= 11 is 1.42. The Balaban J connectivity index is 1.52. The molecule has 0 aliphatic heterocycles. The Labute approximate surface area is 175 Å². The molecule has 5 heteroatoms. The number of hydrogen-bond acceptors (Lipinski definition) is 3. The molecule has 29 heavy (non-hydrogen) atoms. The van der Waals surface area contributed by atoms with Crippen LogP contribution in [0.5, 0.6) is 0 Å². The lowest BCUT2D eigenvalue weighted by atomic mass is 10.2. The van der Waals surface area contributed by atoms with E-state index in [4.69, 9.17) is 0 Å². The number of carbonyl (C=O) groups is 2. The molecule has 3 aromatic rings. The molecule has 0 radical (unpaired) electrons. The highest BCUT2D eigenvalue weighted by Crippen LogP contribution is 2.22. The fraction of sp³-hybridized carbons (Fsp3) is 0.0833. The van der Waals surface area contributed by atoms with Crippen LogP contribution in [0.3, 0.4) is 0 Å². The van der Waals surface area contributed by atoms with E-state index in [1.807, 2.05) is 85.8 Å². The van der Waals surface area contributed by atoms with Gasteiger partial charge < -0.3 is 10.6 Å². The van der Waals surface area contributed by atoms with Crippen LogP contribution in [0.1, 0.15) is 11.1 Å². The zero-order valence-electron chi connectivity index (χ0n) is 16.1. The second kappa shape index (κ2) is 10.3. The van der Waals surface area contributed by atoms with E-state index < -0.39 is 0 Å². The highest BCUT2D eigenvalue weighted by atomic mass is 32.2. The van der Waals surface area contributed by atoms with Crippen molar-refractivity contribution in [2.75, 3.05) is 16.4 Å². The van der Waals surface area contributed by atoms with Crippen molar-refractivity contribution < 1.29 is 9.59 Å². The van der Waals surface area contributed by atoms with E-state index in [2.05, 4.69) is 10.6 Å². The topological polar surface area (TPSA) is 58.2 Å². The summed E-state index contributed by atoms with van der Waals surface area (Å²) in [4.78, 5) is 25.2. The molecule has 146 valence electrons. The Bertz CT molecular complexity index is 1020. The van der Waals surface area contributed by atoms with Crippen LogP contribution in [-0.4, -0.2) is 17.6 Å². The first-order valence-electron chi connectivity index (χ1n) is 9.22. The molecule has 0 aromatic heterocycles. The number of aryl methyl sites for hydroxylation is 1. The molecule has 0 fully saturated rings. The van der Waals surface area contributed by atoms with E-state index in [0.717, 1.165) is 21.7 Å². The third-order valence-corrected chi connectivity index (χ3v) is 4.99. The van der Waals surface area contributed by atoms with Gasteiger partial charge in [-0.15, -0.1) is 11.8 Å². The van der Waals surface area contributed by atoms with Gasteiger partial charge in [0.15, 0.2) is 0 Å². The Morgan fingerprint density at radius 3 is 2.34 bits per heavy atom. The molecular weight excluding hydrogens is 380 g/mol. The molecule has 4 nitrogen and oxygen atoms in total. The van der Waals surface area contributed by atoms with Crippen molar-refractivity contribution in [3.05, 3.63) is 96.1 Å². The van der Waals surface area contributed by atoms with Crippen molar-refractivity contribution in [3.63, 3.8) is 0 Å². The lowest BCUT2D eigenvalue weighted by molar-refractivity contribution is -0.114. The number of amides is 2. The maximum absolute atomic E-state index is 12.2. The number of anilines is 2. The van der Waals surface area contributed by atoms with Gasteiger partial charge in [0.25, 0.3) is 0 Å². The summed E-state index contributed by atoms with van der Waals surface area (Å²) in [5.74, 6) is 0.0215. The monoisotopic (exact) mass is 402 g/mol. The zero-order valence-corrected chi connectivity index (χ0v) is 16.9. The normalized spacial score (nSPS) is 10.7. The van der Waals surface area contributed by atoms with Gasteiger partial charge in [0, 0.05) is 22.3 Å². The van der Waals surface area contributed by atoms with Crippen LogP contribution in [0.4, 0.5) is 11.4 Å². The van der Waals surface area contributed by atoms with Crippen LogP contribution < -0.4 is 10.6 Å². The van der Waals surface area contributed by atoms with Crippen molar-refractivity contribution in [2.45, 2.75) is 11.8 Å². The van der Waals surface area contributed by atoms with Gasteiger partial charge in [-0.1, -0.05) is 48.5 Å². The van der Waals surface area contributed by atoms with Crippen molar-refractivity contribution >= 4 is 41.0 Å². The van der Waals surface area contributed by atoms with Gasteiger partial charge in [0.1, 0.15) is 0 Å². The second-order valence-corrected chi connectivity index (χ2v) is 7.52. The molecule has 0 heterocycles. The first-order valence-corrected chi connectivity index (χ1v) is 10.2. The van der Waals surface area contributed by atoms with Crippen molar-refractivity contribution in [2.24, 2.45) is 0 Å². The molecular formula is C24H22N2O2S. The second-order valence-electron chi connectivity index (χ2n) is 6.47. The standard InChI is InChI=1S/C24H22N2O2S/c1-18-7-5-10-20(15-18)26-24(28)17-29-22-12-6-11-21(16-22)25-23(27)14-13-19-8-3-2-4-9-19/h2-16H,17H2,1H3,(H,25,27)(H,26,28)/b14-13+. The number of benzene rings is 3. The highest BCUT2D eigenvalue weighted by molar-refractivity contribution is 8.00. The number of rotatable bonds is 7. The zero-order chi connectivity index (χ0) is 20.5. The third kappa shape index (κ3) is 6.97. The first kappa shape index (κ1) is 20.4. The molecule has 0 aliphatic carbocycles. The van der Waals surface area contributed by atoms with Crippen LogP contribution in [0.15, 0.2) is 89.8 Å². The molecule has 0 spiro atoms. The molecule has 0 atom stereocenters. The molecule has 0 unspecified atom stereocenters. The number of thioether (sulfide) groups is 1. The van der Waals surface area contributed by atoms with Gasteiger partial charge >= 0.3 is 0 Å². The average Bonchev–Trinajstić information content (AvgIpc) is 2.72. The van der Waals surface area contributed by atoms with E-state index >= 15 is 0 Å². The minimum Gasteiger partial charge on any atom is -0.325 e. The molecule has 0 bridgehead atoms. The molecule has 0 aliphatic rings. The molecule has 0 saturated heterocycles. The summed E-state index contributed by atoms with van der Waals surface area (Å²) in [5, 5.41) is 5.74. The van der Waals surface area contributed by atoms with Gasteiger partial charge in [-0.05, 0) is 54.5 Å². The van der Waals surface area contributed by atoms with Gasteiger partial charge in [-0.25, -0.2) is 0 Å². The molecule has 2 N–H and O–H groups in total. The van der Waals surface area contributed by atoms with Gasteiger partial charge in [-0.3, -0.25) is 9.59 Å². The summed E-state index contributed by atoms with van der Waals surface area (Å²) in [7, 11) is 0. The quantitative estimate of drug-likeness (QED) is 0.412. The largest absolute Gasteiger partial charge is 0.325 e. The lowest BCUT2D eigenvalue weighted by Crippen LogP contribution is -2.14. The third-order valence-electron chi connectivity index (χ3n) is 4.00. The van der Waals surface area contributed by atoms with Crippen LogP contribution in [0, 0.1) is 6.92 Å². The van der Waals surface area contributed by atoms with Crippen molar-refractivity contribution in [1.82, 2.24) is 0 Å². The van der Waals surface area contributed by atoms with Gasteiger partial charge in [0.05, 0.1) is 5.75 Å². The fourth-order valence-electron chi connectivity index (χ4n) is 2.65. The van der Waals surface area contributed by atoms with E-state index in [9.17, 15) is 9.59 Å². The van der Waals surface area contributed by atoms with Crippen LogP contribution >= 0.6 is 11.8 Å². The Hall–Kier alpha value is -3.31. The minimum atomic E-state index is -0.201. The van der Waals surface area contributed by atoms with Crippen molar-refractivity contribution in [3.8, 4) is 0 Å². The average molecular weight is 403 g/mol. The van der Waals surface area contributed by atoms with Crippen LogP contribution in [-0.2, 0) is 9.59 Å². The van der Waals surface area contributed by atoms with Crippen LogP contribution in [0.2, 0.25) is 0 Å². The fourth-order valence-corrected chi connectivity index (χ4v) is 3.41. The van der Waals surface area contributed by atoms with Gasteiger partial charge in [-0.2, -0.15) is 0 Å².